The Hall–Kier alpha value is -2.63. The van der Waals surface area contributed by atoms with Crippen molar-refractivity contribution in [1.29, 1.82) is 0 Å². The molecule has 0 aliphatic rings. The van der Waals surface area contributed by atoms with Crippen LogP contribution in [0.25, 0.3) is 0 Å². The Bertz CT molecular complexity index is 662. The summed E-state index contributed by atoms with van der Waals surface area (Å²) >= 11 is 0. The highest BCUT2D eigenvalue weighted by atomic mass is 16.4. The highest BCUT2D eigenvalue weighted by Crippen LogP contribution is 2.10. The fraction of sp³-hybridized carbons (Fsp3) is 0.312. The van der Waals surface area contributed by atoms with E-state index in [2.05, 4.69) is 10.4 Å². The van der Waals surface area contributed by atoms with Crippen LogP contribution in [0.3, 0.4) is 0 Å². The number of hydrogen-bond donors (Lipinski definition) is 2. The fourth-order valence-corrected chi connectivity index (χ4v) is 2.11. The monoisotopic (exact) mass is 301 g/mol. The number of benzene rings is 1. The summed E-state index contributed by atoms with van der Waals surface area (Å²) in [6, 6.07) is 7.72. The fourth-order valence-electron chi connectivity index (χ4n) is 2.11. The van der Waals surface area contributed by atoms with Gasteiger partial charge in [0.2, 0.25) is 0 Å². The van der Waals surface area contributed by atoms with Gasteiger partial charge >= 0.3 is 5.97 Å². The predicted molar refractivity (Wildman–Crippen MR) is 81.6 cm³/mol. The maximum absolute atomic E-state index is 11.9. The number of carboxylic acid groups (broad SMARTS) is 1. The van der Waals surface area contributed by atoms with Crippen LogP contribution in [-0.2, 0) is 18.3 Å². The van der Waals surface area contributed by atoms with Gasteiger partial charge in [-0.3, -0.25) is 14.3 Å². The Labute approximate surface area is 128 Å². The van der Waals surface area contributed by atoms with Crippen LogP contribution < -0.4 is 5.32 Å². The lowest BCUT2D eigenvalue weighted by Gasteiger charge is -2.13. The number of hydrogen-bond acceptors (Lipinski definition) is 3. The lowest BCUT2D eigenvalue weighted by Crippen LogP contribution is -2.34. The molecule has 22 heavy (non-hydrogen) atoms. The molecule has 2 aromatic rings. The van der Waals surface area contributed by atoms with Gasteiger partial charge in [0.1, 0.15) is 0 Å². The number of amides is 1. The summed E-state index contributed by atoms with van der Waals surface area (Å²) in [6.07, 6.45) is 3.42. The van der Waals surface area contributed by atoms with Gasteiger partial charge in [-0.1, -0.05) is 29.8 Å². The average molecular weight is 301 g/mol. The summed E-state index contributed by atoms with van der Waals surface area (Å²) in [6.45, 7) is 2.06. The van der Waals surface area contributed by atoms with E-state index in [1.807, 2.05) is 31.2 Å². The predicted octanol–water partition coefficient (Wildman–Crippen LogP) is 1.40. The lowest BCUT2D eigenvalue weighted by atomic mass is 9.98. The van der Waals surface area contributed by atoms with E-state index in [-0.39, 0.29) is 12.5 Å². The molecule has 6 heteroatoms. The van der Waals surface area contributed by atoms with Gasteiger partial charge < -0.3 is 10.4 Å². The zero-order valence-corrected chi connectivity index (χ0v) is 12.6. The molecule has 6 nitrogen and oxygen atoms in total. The SMILES string of the molecule is Cc1ccc(C[C@@H](CNC(=O)c2cnn(C)c2)C(=O)O)cc1. The van der Waals surface area contributed by atoms with Crippen LogP contribution in [0.1, 0.15) is 21.5 Å². The number of aryl methyl sites for hydroxylation is 2. The van der Waals surface area contributed by atoms with Gasteiger partial charge in [-0.2, -0.15) is 5.10 Å². The van der Waals surface area contributed by atoms with E-state index < -0.39 is 11.9 Å². The number of aromatic nitrogens is 2. The third-order valence-corrected chi connectivity index (χ3v) is 3.43. The second kappa shape index (κ2) is 6.89. The van der Waals surface area contributed by atoms with Gasteiger partial charge in [0.05, 0.1) is 17.7 Å². The van der Waals surface area contributed by atoms with E-state index in [4.69, 9.17) is 0 Å². The summed E-state index contributed by atoms with van der Waals surface area (Å²) < 4.78 is 1.52. The maximum Gasteiger partial charge on any atom is 0.308 e. The minimum absolute atomic E-state index is 0.0803. The average Bonchev–Trinajstić information content (AvgIpc) is 2.91. The van der Waals surface area contributed by atoms with E-state index in [1.165, 1.54) is 10.9 Å². The Morgan fingerprint density at radius 2 is 2.00 bits per heavy atom. The van der Waals surface area contributed by atoms with Crippen molar-refractivity contribution in [3.8, 4) is 0 Å². The Balaban J connectivity index is 1.95. The van der Waals surface area contributed by atoms with E-state index in [9.17, 15) is 14.7 Å². The maximum atomic E-state index is 11.9. The van der Waals surface area contributed by atoms with Crippen molar-refractivity contribution < 1.29 is 14.7 Å². The molecule has 0 saturated heterocycles. The molecular formula is C16H19N3O3. The molecule has 0 radical (unpaired) electrons. The minimum Gasteiger partial charge on any atom is -0.481 e. The normalized spacial score (nSPS) is 11.9. The van der Waals surface area contributed by atoms with Crippen molar-refractivity contribution >= 4 is 11.9 Å². The Morgan fingerprint density at radius 1 is 1.32 bits per heavy atom. The molecule has 2 rings (SSSR count). The van der Waals surface area contributed by atoms with Crippen LogP contribution in [-0.4, -0.2) is 33.3 Å². The summed E-state index contributed by atoms with van der Waals surface area (Å²) in [5, 5.41) is 15.9. The Morgan fingerprint density at radius 3 is 2.55 bits per heavy atom. The lowest BCUT2D eigenvalue weighted by molar-refractivity contribution is -0.141. The molecule has 1 heterocycles. The van der Waals surface area contributed by atoms with Crippen molar-refractivity contribution in [3.63, 3.8) is 0 Å². The summed E-state index contributed by atoms with van der Waals surface area (Å²) in [5.41, 5.74) is 2.48. The first-order valence-corrected chi connectivity index (χ1v) is 7.01. The standard InChI is InChI=1S/C16H19N3O3/c1-11-3-5-12(6-4-11)7-13(16(21)22)8-17-15(20)14-9-18-19(2)10-14/h3-6,9-10,13H,7-8H2,1-2H3,(H,17,20)(H,21,22)/t13-/m0/s1. The summed E-state index contributed by atoms with van der Waals surface area (Å²) in [7, 11) is 1.72. The molecular weight excluding hydrogens is 282 g/mol. The number of rotatable bonds is 6. The van der Waals surface area contributed by atoms with Crippen molar-refractivity contribution in [1.82, 2.24) is 15.1 Å². The molecule has 0 aliphatic carbocycles. The molecule has 0 fully saturated rings. The van der Waals surface area contributed by atoms with Crippen molar-refractivity contribution in [3.05, 3.63) is 53.3 Å². The zero-order chi connectivity index (χ0) is 16.1. The second-order valence-corrected chi connectivity index (χ2v) is 5.34. The molecule has 116 valence electrons. The topological polar surface area (TPSA) is 84.2 Å². The molecule has 1 aromatic carbocycles. The van der Waals surface area contributed by atoms with Crippen molar-refractivity contribution in [2.75, 3.05) is 6.54 Å². The molecule has 0 bridgehead atoms. The van der Waals surface area contributed by atoms with Gasteiger partial charge in [0, 0.05) is 19.8 Å². The largest absolute Gasteiger partial charge is 0.481 e. The molecule has 0 aliphatic heterocycles. The Kier molecular flexibility index (Phi) is 4.93. The van der Waals surface area contributed by atoms with E-state index in [0.717, 1.165) is 11.1 Å². The van der Waals surface area contributed by atoms with E-state index in [1.54, 1.807) is 13.2 Å². The van der Waals surface area contributed by atoms with E-state index in [0.29, 0.717) is 12.0 Å². The molecule has 2 N–H and O–H groups in total. The molecule has 1 amide bonds. The third-order valence-electron chi connectivity index (χ3n) is 3.43. The van der Waals surface area contributed by atoms with Gasteiger partial charge in [0.15, 0.2) is 0 Å². The third kappa shape index (κ3) is 4.18. The summed E-state index contributed by atoms with van der Waals surface area (Å²) in [4.78, 5) is 23.3. The van der Waals surface area contributed by atoms with Crippen LogP contribution in [0.5, 0.6) is 0 Å². The van der Waals surface area contributed by atoms with Crippen LogP contribution in [0.15, 0.2) is 36.7 Å². The highest BCUT2D eigenvalue weighted by Gasteiger charge is 2.19. The number of carbonyl (C=O) groups is 2. The van der Waals surface area contributed by atoms with Gasteiger partial charge in [-0.05, 0) is 18.9 Å². The van der Waals surface area contributed by atoms with Crippen molar-refractivity contribution in [2.24, 2.45) is 13.0 Å². The van der Waals surface area contributed by atoms with Gasteiger partial charge in [-0.25, -0.2) is 0 Å². The minimum atomic E-state index is -0.924. The number of aliphatic carboxylic acids is 1. The van der Waals surface area contributed by atoms with Gasteiger partial charge in [-0.15, -0.1) is 0 Å². The van der Waals surface area contributed by atoms with Gasteiger partial charge in [0.25, 0.3) is 5.91 Å². The van der Waals surface area contributed by atoms with E-state index >= 15 is 0 Å². The first-order chi connectivity index (χ1) is 10.5. The highest BCUT2D eigenvalue weighted by molar-refractivity contribution is 5.93. The van der Waals surface area contributed by atoms with Crippen LogP contribution in [0, 0.1) is 12.8 Å². The smallest absolute Gasteiger partial charge is 0.308 e. The number of nitrogens with zero attached hydrogens (tertiary/aromatic N) is 2. The molecule has 1 atom stereocenters. The van der Waals surface area contributed by atoms with Crippen LogP contribution in [0.2, 0.25) is 0 Å². The number of nitrogens with one attached hydrogen (secondary N) is 1. The molecule has 0 unspecified atom stereocenters. The molecule has 1 aromatic heterocycles. The molecule has 0 spiro atoms. The van der Waals surface area contributed by atoms with Crippen LogP contribution >= 0.6 is 0 Å². The molecule has 0 saturated carbocycles. The number of carbonyl (C=O) groups excluding carboxylic acids is 1. The summed E-state index contributed by atoms with van der Waals surface area (Å²) in [5.74, 6) is -1.90. The van der Waals surface area contributed by atoms with Crippen LogP contribution in [0.4, 0.5) is 0 Å². The van der Waals surface area contributed by atoms with Crippen molar-refractivity contribution in [2.45, 2.75) is 13.3 Å². The zero-order valence-electron chi connectivity index (χ0n) is 12.6. The first-order valence-electron chi connectivity index (χ1n) is 7.01. The quantitative estimate of drug-likeness (QED) is 0.844. The number of carboxylic acids is 1. The second-order valence-electron chi connectivity index (χ2n) is 5.34. The first kappa shape index (κ1) is 15.8.